The molecule has 0 aromatic heterocycles. The average Bonchev–Trinajstić information content (AvgIpc) is 2.58. The molecule has 2 rings (SSSR count). The molecule has 0 unspecified atom stereocenters. The molecule has 0 saturated heterocycles. The summed E-state index contributed by atoms with van der Waals surface area (Å²) in [7, 11) is 0. The zero-order chi connectivity index (χ0) is 18.1. The van der Waals surface area contributed by atoms with E-state index in [1.807, 2.05) is 36.4 Å². The molecule has 0 spiro atoms. The van der Waals surface area contributed by atoms with Crippen molar-refractivity contribution in [3.05, 3.63) is 63.1 Å². The molecule has 0 radical (unpaired) electrons. The molecule has 0 aliphatic heterocycles. The van der Waals surface area contributed by atoms with E-state index in [1.54, 1.807) is 0 Å². The average molecular weight is 463 g/mol. The van der Waals surface area contributed by atoms with Crippen LogP contribution in [0.3, 0.4) is 0 Å². The molecule has 3 nitrogen and oxygen atoms in total. The third-order valence-electron chi connectivity index (χ3n) is 3.59. The van der Waals surface area contributed by atoms with Crippen molar-refractivity contribution in [3.63, 3.8) is 0 Å². The minimum atomic E-state index is 0. The predicted octanol–water partition coefficient (Wildman–Crippen LogP) is 6.01. The number of hydrogen-bond donors (Lipinski definition) is 1. The molecule has 0 atom stereocenters. The zero-order valence-electron chi connectivity index (χ0n) is 15.1. The Labute approximate surface area is 176 Å². The van der Waals surface area contributed by atoms with Gasteiger partial charge in [0.15, 0.2) is 0 Å². The topological polar surface area (TPSA) is 30.5 Å². The van der Waals surface area contributed by atoms with Crippen molar-refractivity contribution in [2.45, 2.75) is 39.5 Å². The van der Waals surface area contributed by atoms with E-state index >= 15 is 0 Å². The van der Waals surface area contributed by atoms with E-state index in [4.69, 9.17) is 21.1 Å². The Morgan fingerprint density at radius 2 is 1.85 bits per heavy atom. The summed E-state index contributed by atoms with van der Waals surface area (Å²) < 4.78 is 12.6. The summed E-state index contributed by atoms with van der Waals surface area (Å²) >= 11 is 9.45. The molecule has 1 N–H and O–H groups in total. The summed E-state index contributed by atoms with van der Waals surface area (Å²) in [6, 6.07) is 13.8. The Morgan fingerprint density at radius 1 is 1.12 bits per heavy atom. The molecule has 0 amide bonds. The molecule has 0 aliphatic carbocycles. The summed E-state index contributed by atoms with van der Waals surface area (Å²) in [5.41, 5.74) is 2.23. The molecule has 6 heteroatoms. The van der Waals surface area contributed by atoms with Crippen molar-refractivity contribution in [3.8, 4) is 5.75 Å². The highest BCUT2D eigenvalue weighted by Gasteiger charge is 2.05. The van der Waals surface area contributed by atoms with Crippen LogP contribution in [0.25, 0.3) is 0 Å². The Morgan fingerprint density at radius 3 is 2.54 bits per heavy atom. The first-order valence-corrected chi connectivity index (χ1v) is 9.69. The number of nitrogens with one attached hydrogen (secondary N) is 1. The van der Waals surface area contributed by atoms with E-state index < -0.39 is 0 Å². The summed E-state index contributed by atoms with van der Waals surface area (Å²) in [5.74, 6) is 0.893. The maximum absolute atomic E-state index is 6.00. The number of ether oxygens (including phenoxy) is 2. The Bertz CT molecular complexity index is 651. The number of hydrogen-bond acceptors (Lipinski definition) is 3. The van der Waals surface area contributed by atoms with Gasteiger partial charge in [0.1, 0.15) is 12.4 Å². The van der Waals surface area contributed by atoms with Gasteiger partial charge in [-0.25, -0.2) is 0 Å². The van der Waals surface area contributed by atoms with Gasteiger partial charge in [-0.2, -0.15) is 0 Å². The molecule has 0 heterocycles. The Hall–Kier alpha value is -0.780. The summed E-state index contributed by atoms with van der Waals surface area (Å²) in [6.07, 6.45) is 1.28. The van der Waals surface area contributed by atoms with E-state index in [9.17, 15) is 0 Å². The first kappa shape index (κ1) is 23.3. The van der Waals surface area contributed by atoms with Crippen LogP contribution in [-0.4, -0.2) is 19.3 Å². The summed E-state index contributed by atoms with van der Waals surface area (Å²) in [5, 5.41) is 4.19. The minimum absolute atomic E-state index is 0. The molecular weight excluding hydrogens is 437 g/mol. The quantitative estimate of drug-likeness (QED) is 0.438. The van der Waals surface area contributed by atoms with Gasteiger partial charge >= 0.3 is 0 Å². The SMILES string of the molecule is CC(C)OCCCNCc1cc(Br)ccc1OCc1ccc(Cl)cc1.Cl. The van der Waals surface area contributed by atoms with Gasteiger partial charge in [-0.1, -0.05) is 39.7 Å². The smallest absolute Gasteiger partial charge is 0.124 e. The normalized spacial score (nSPS) is 10.7. The lowest BCUT2D eigenvalue weighted by molar-refractivity contribution is 0.0770. The molecular formula is C20H26BrCl2NO2. The van der Waals surface area contributed by atoms with Gasteiger partial charge in [-0.05, 0) is 62.7 Å². The van der Waals surface area contributed by atoms with Gasteiger partial charge in [0.25, 0.3) is 0 Å². The van der Waals surface area contributed by atoms with Crippen molar-refractivity contribution >= 4 is 39.9 Å². The van der Waals surface area contributed by atoms with Gasteiger partial charge in [0, 0.05) is 28.2 Å². The van der Waals surface area contributed by atoms with Crippen molar-refractivity contribution in [1.29, 1.82) is 0 Å². The summed E-state index contributed by atoms with van der Waals surface area (Å²) in [6.45, 7) is 7.09. The number of benzene rings is 2. The van der Waals surface area contributed by atoms with Crippen molar-refractivity contribution < 1.29 is 9.47 Å². The first-order valence-electron chi connectivity index (χ1n) is 8.52. The van der Waals surface area contributed by atoms with Crippen molar-refractivity contribution in [2.75, 3.05) is 13.2 Å². The van der Waals surface area contributed by atoms with Crippen molar-refractivity contribution in [2.24, 2.45) is 0 Å². The molecule has 0 saturated carbocycles. The molecule has 0 aliphatic rings. The highest BCUT2D eigenvalue weighted by Crippen LogP contribution is 2.24. The largest absolute Gasteiger partial charge is 0.489 e. The third-order valence-corrected chi connectivity index (χ3v) is 4.34. The van der Waals surface area contributed by atoms with Crippen LogP contribution in [0.2, 0.25) is 5.02 Å². The highest BCUT2D eigenvalue weighted by molar-refractivity contribution is 9.10. The van der Waals surface area contributed by atoms with E-state index in [2.05, 4.69) is 41.2 Å². The van der Waals surface area contributed by atoms with E-state index in [0.717, 1.165) is 52.5 Å². The fourth-order valence-corrected chi connectivity index (χ4v) is 2.84. The maximum atomic E-state index is 6.00. The van der Waals surface area contributed by atoms with E-state index in [-0.39, 0.29) is 18.5 Å². The van der Waals surface area contributed by atoms with Crippen LogP contribution < -0.4 is 10.1 Å². The standard InChI is InChI=1S/C20H25BrClNO2.ClH/c1-15(2)24-11-3-10-23-13-17-12-18(21)6-9-20(17)25-14-16-4-7-19(22)8-5-16;/h4-9,12,15,23H,3,10-11,13-14H2,1-2H3;1H. The number of rotatable bonds is 10. The monoisotopic (exact) mass is 461 g/mol. The predicted molar refractivity (Wildman–Crippen MR) is 115 cm³/mol. The second-order valence-corrected chi connectivity index (χ2v) is 7.47. The highest BCUT2D eigenvalue weighted by atomic mass is 79.9. The number of halogens is 3. The van der Waals surface area contributed by atoms with Crippen LogP contribution in [0.1, 0.15) is 31.4 Å². The van der Waals surface area contributed by atoms with Crippen LogP contribution in [-0.2, 0) is 17.9 Å². The van der Waals surface area contributed by atoms with E-state index in [0.29, 0.717) is 6.61 Å². The lowest BCUT2D eigenvalue weighted by Gasteiger charge is -2.13. The van der Waals surface area contributed by atoms with Crippen LogP contribution in [0, 0.1) is 0 Å². The fourth-order valence-electron chi connectivity index (χ4n) is 2.31. The van der Waals surface area contributed by atoms with Gasteiger partial charge in [0.2, 0.25) is 0 Å². The second kappa shape index (κ2) is 12.6. The lowest BCUT2D eigenvalue weighted by atomic mass is 10.2. The molecule has 2 aromatic rings. The first-order chi connectivity index (χ1) is 12.0. The maximum Gasteiger partial charge on any atom is 0.124 e. The van der Waals surface area contributed by atoms with Crippen LogP contribution in [0.15, 0.2) is 46.9 Å². The zero-order valence-corrected chi connectivity index (χ0v) is 18.3. The summed E-state index contributed by atoms with van der Waals surface area (Å²) in [4.78, 5) is 0. The van der Waals surface area contributed by atoms with Crippen LogP contribution in [0.5, 0.6) is 5.75 Å². The minimum Gasteiger partial charge on any atom is -0.489 e. The molecule has 0 bridgehead atoms. The Kier molecular flexibility index (Phi) is 11.3. The van der Waals surface area contributed by atoms with Gasteiger partial charge < -0.3 is 14.8 Å². The van der Waals surface area contributed by atoms with Crippen LogP contribution >= 0.6 is 39.9 Å². The van der Waals surface area contributed by atoms with Gasteiger partial charge in [0.05, 0.1) is 6.10 Å². The Balaban J connectivity index is 0.00000338. The molecule has 144 valence electrons. The third kappa shape index (κ3) is 8.74. The second-order valence-electron chi connectivity index (χ2n) is 6.12. The van der Waals surface area contributed by atoms with Crippen LogP contribution in [0.4, 0.5) is 0 Å². The molecule has 0 fully saturated rings. The van der Waals surface area contributed by atoms with Gasteiger partial charge in [-0.3, -0.25) is 0 Å². The molecule has 2 aromatic carbocycles. The van der Waals surface area contributed by atoms with Gasteiger partial charge in [-0.15, -0.1) is 12.4 Å². The fraction of sp³-hybridized carbons (Fsp3) is 0.400. The molecule has 26 heavy (non-hydrogen) atoms. The lowest BCUT2D eigenvalue weighted by Crippen LogP contribution is -2.18. The van der Waals surface area contributed by atoms with Crippen molar-refractivity contribution in [1.82, 2.24) is 5.32 Å². The van der Waals surface area contributed by atoms with E-state index in [1.165, 1.54) is 0 Å².